The Kier molecular flexibility index (Phi) is 10.1. The normalized spacial score (nSPS) is 12.2. The zero-order chi connectivity index (χ0) is 28.7. The minimum Gasteiger partial charge on any atom is -0.352 e. The summed E-state index contributed by atoms with van der Waals surface area (Å²) in [7, 11) is -4.19. The second-order valence-corrected chi connectivity index (χ2v) is 11.8. The average Bonchev–Trinajstić information content (AvgIpc) is 2.88. The second kappa shape index (κ2) is 13.1. The number of amides is 2. The first-order chi connectivity index (χ1) is 18.4. The molecule has 1 N–H and O–H groups in total. The Morgan fingerprint density at radius 1 is 1.00 bits per heavy atom. The molecule has 0 bridgehead atoms. The van der Waals surface area contributed by atoms with Crippen molar-refractivity contribution in [1.29, 1.82) is 0 Å². The van der Waals surface area contributed by atoms with Gasteiger partial charge in [-0.25, -0.2) is 12.8 Å². The van der Waals surface area contributed by atoms with Crippen LogP contribution in [0, 0.1) is 12.7 Å². The maximum Gasteiger partial charge on any atom is 0.264 e. The van der Waals surface area contributed by atoms with Crippen molar-refractivity contribution in [2.45, 2.75) is 57.6 Å². The monoisotopic (exact) mass is 573 g/mol. The van der Waals surface area contributed by atoms with E-state index in [1.54, 1.807) is 25.1 Å². The largest absolute Gasteiger partial charge is 0.352 e. The van der Waals surface area contributed by atoms with Crippen LogP contribution in [-0.2, 0) is 26.2 Å². The van der Waals surface area contributed by atoms with Crippen LogP contribution in [0.2, 0.25) is 5.02 Å². The highest BCUT2D eigenvalue weighted by atomic mass is 35.5. The van der Waals surface area contributed by atoms with Gasteiger partial charge in [-0.2, -0.15) is 0 Å². The molecule has 3 aromatic rings. The summed E-state index contributed by atoms with van der Waals surface area (Å²) in [5.41, 5.74) is 1.71. The topological polar surface area (TPSA) is 86.8 Å². The summed E-state index contributed by atoms with van der Waals surface area (Å²) in [6.07, 6.45) is 0.292. The molecule has 3 aromatic carbocycles. The molecule has 0 heterocycles. The molecular formula is C29H33ClFN3O4S. The number of sulfonamides is 1. The molecule has 0 aromatic heterocycles. The number of anilines is 1. The quantitative estimate of drug-likeness (QED) is 0.337. The summed E-state index contributed by atoms with van der Waals surface area (Å²) < 4.78 is 42.2. The molecule has 208 valence electrons. The highest BCUT2D eigenvalue weighted by Crippen LogP contribution is 2.26. The molecule has 0 aliphatic carbocycles. The predicted molar refractivity (Wildman–Crippen MR) is 151 cm³/mol. The standard InChI is InChI=1S/C29H33ClFN3O4S/c1-5-27(29(36)32-20(2)3)33(18-22-9-13-24(31)14-10-22)28(35)19-34(25-8-6-7-21(4)17-25)39(37,38)26-15-11-23(30)12-16-26/h6-17,20,27H,5,18-19H2,1-4H3,(H,32,36). The van der Waals surface area contributed by atoms with Gasteiger partial charge in [-0.15, -0.1) is 0 Å². The fourth-order valence-electron chi connectivity index (χ4n) is 4.13. The molecule has 39 heavy (non-hydrogen) atoms. The van der Waals surface area contributed by atoms with Crippen LogP contribution in [0.4, 0.5) is 10.1 Å². The van der Waals surface area contributed by atoms with Gasteiger partial charge in [0.15, 0.2) is 0 Å². The number of hydrogen-bond donors (Lipinski definition) is 1. The van der Waals surface area contributed by atoms with E-state index >= 15 is 0 Å². The fraction of sp³-hybridized carbons (Fsp3) is 0.310. The van der Waals surface area contributed by atoms with E-state index in [9.17, 15) is 22.4 Å². The molecule has 0 saturated carbocycles. The zero-order valence-corrected chi connectivity index (χ0v) is 24.0. The average molecular weight is 574 g/mol. The predicted octanol–water partition coefficient (Wildman–Crippen LogP) is 5.31. The molecule has 0 fully saturated rings. The van der Waals surface area contributed by atoms with Gasteiger partial charge in [-0.3, -0.25) is 13.9 Å². The van der Waals surface area contributed by atoms with Gasteiger partial charge in [0.1, 0.15) is 18.4 Å². The number of nitrogens with zero attached hydrogens (tertiary/aromatic N) is 2. The van der Waals surface area contributed by atoms with Crippen LogP contribution in [0.15, 0.2) is 77.7 Å². The van der Waals surface area contributed by atoms with E-state index in [-0.39, 0.29) is 23.4 Å². The molecule has 0 radical (unpaired) electrons. The van der Waals surface area contributed by atoms with Gasteiger partial charge >= 0.3 is 0 Å². The minimum atomic E-state index is -4.19. The lowest BCUT2D eigenvalue weighted by molar-refractivity contribution is -0.140. The Balaban J connectivity index is 2.06. The van der Waals surface area contributed by atoms with Crippen LogP contribution in [0.3, 0.4) is 0 Å². The number of hydrogen-bond acceptors (Lipinski definition) is 4. The van der Waals surface area contributed by atoms with Crippen LogP contribution >= 0.6 is 11.6 Å². The molecule has 0 saturated heterocycles. The summed E-state index contributed by atoms with van der Waals surface area (Å²) in [4.78, 5) is 28.4. The Hall–Kier alpha value is -3.43. The van der Waals surface area contributed by atoms with Crippen molar-refractivity contribution in [3.8, 4) is 0 Å². The summed E-state index contributed by atoms with van der Waals surface area (Å²) >= 11 is 5.98. The molecule has 10 heteroatoms. The molecule has 0 aliphatic rings. The number of carbonyl (C=O) groups excluding carboxylic acids is 2. The number of carbonyl (C=O) groups is 2. The first-order valence-corrected chi connectivity index (χ1v) is 14.4. The number of aryl methyl sites for hydroxylation is 1. The number of nitrogens with one attached hydrogen (secondary N) is 1. The van der Waals surface area contributed by atoms with Gasteiger partial charge < -0.3 is 10.2 Å². The lowest BCUT2D eigenvalue weighted by atomic mass is 10.1. The molecule has 3 rings (SSSR count). The Bertz CT molecular complexity index is 1400. The summed E-state index contributed by atoms with van der Waals surface area (Å²) in [6, 6.07) is 17.1. The fourth-order valence-corrected chi connectivity index (χ4v) is 5.66. The molecule has 1 unspecified atom stereocenters. The highest BCUT2D eigenvalue weighted by molar-refractivity contribution is 7.92. The van der Waals surface area contributed by atoms with Gasteiger partial charge in [0, 0.05) is 17.6 Å². The van der Waals surface area contributed by atoms with Crippen molar-refractivity contribution >= 4 is 39.1 Å². The lowest BCUT2D eigenvalue weighted by Crippen LogP contribution is -2.53. The zero-order valence-electron chi connectivity index (χ0n) is 22.4. The van der Waals surface area contributed by atoms with E-state index in [4.69, 9.17) is 11.6 Å². The van der Waals surface area contributed by atoms with Gasteiger partial charge in [-0.1, -0.05) is 42.8 Å². The van der Waals surface area contributed by atoms with E-state index in [1.165, 1.54) is 53.4 Å². The van der Waals surface area contributed by atoms with Crippen molar-refractivity contribution in [2.75, 3.05) is 10.8 Å². The van der Waals surface area contributed by atoms with Gasteiger partial charge in [-0.05, 0) is 86.8 Å². The minimum absolute atomic E-state index is 0.00815. The second-order valence-electron chi connectivity index (χ2n) is 9.54. The molecular weight excluding hydrogens is 541 g/mol. The van der Waals surface area contributed by atoms with Crippen molar-refractivity contribution in [1.82, 2.24) is 10.2 Å². The Morgan fingerprint density at radius 3 is 2.21 bits per heavy atom. The highest BCUT2D eigenvalue weighted by Gasteiger charge is 2.33. The third kappa shape index (κ3) is 7.80. The number of benzene rings is 3. The Labute approximate surface area is 234 Å². The van der Waals surface area contributed by atoms with Crippen LogP contribution in [0.5, 0.6) is 0 Å². The van der Waals surface area contributed by atoms with E-state index in [1.807, 2.05) is 26.8 Å². The molecule has 2 amide bonds. The van der Waals surface area contributed by atoms with Crippen molar-refractivity contribution < 1.29 is 22.4 Å². The lowest BCUT2D eigenvalue weighted by Gasteiger charge is -2.33. The van der Waals surface area contributed by atoms with Crippen LogP contribution in [-0.4, -0.2) is 43.8 Å². The van der Waals surface area contributed by atoms with E-state index in [2.05, 4.69) is 5.32 Å². The molecule has 1 atom stereocenters. The van der Waals surface area contributed by atoms with Crippen LogP contribution < -0.4 is 9.62 Å². The maximum atomic E-state index is 14.0. The van der Waals surface area contributed by atoms with Crippen LogP contribution in [0.1, 0.15) is 38.3 Å². The summed E-state index contributed by atoms with van der Waals surface area (Å²) in [6.45, 7) is 6.66. The van der Waals surface area contributed by atoms with Crippen LogP contribution in [0.25, 0.3) is 0 Å². The third-order valence-corrected chi connectivity index (χ3v) is 8.09. The van der Waals surface area contributed by atoms with Gasteiger partial charge in [0.05, 0.1) is 10.6 Å². The number of rotatable bonds is 11. The van der Waals surface area contributed by atoms with Crippen molar-refractivity contribution in [2.24, 2.45) is 0 Å². The van der Waals surface area contributed by atoms with Gasteiger partial charge in [0.25, 0.3) is 10.0 Å². The van der Waals surface area contributed by atoms with E-state index in [0.29, 0.717) is 22.7 Å². The molecule has 0 spiro atoms. The van der Waals surface area contributed by atoms with Crippen molar-refractivity contribution in [3.05, 3.63) is 94.8 Å². The van der Waals surface area contributed by atoms with E-state index < -0.39 is 34.3 Å². The maximum absolute atomic E-state index is 14.0. The third-order valence-electron chi connectivity index (χ3n) is 6.05. The summed E-state index contributed by atoms with van der Waals surface area (Å²) in [5, 5.41) is 3.22. The molecule has 0 aliphatic heterocycles. The molecule has 7 nitrogen and oxygen atoms in total. The smallest absolute Gasteiger partial charge is 0.264 e. The first-order valence-electron chi connectivity index (χ1n) is 12.6. The van der Waals surface area contributed by atoms with Gasteiger partial charge in [0.2, 0.25) is 11.8 Å². The SMILES string of the molecule is CCC(C(=O)NC(C)C)N(Cc1ccc(F)cc1)C(=O)CN(c1cccc(C)c1)S(=O)(=O)c1ccc(Cl)cc1. The Morgan fingerprint density at radius 2 is 1.64 bits per heavy atom. The number of halogens is 2. The van der Waals surface area contributed by atoms with Crippen molar-refractivity contribution in [3.63, 3.8) is 0 Å². The summed E-state index contributed by atoms with van der Waals surface area (Å²) in [5.74, 6) is -1.37. The van der Waals surface area contributed by atoms with E-state index in [0.717, 1.165) is 9.87 Å². The first kappa shape index (κ1) is 30.1.